The van der Waals surface area contributed by atoms with E-state index in [1.54, 1.807) is 30.3 Å². The molecule has 0 amide bonds. The van der Waals surface area contributed by atoms with Gasteiger partial charge in [0.25, 0.3) is 0 Å². The minimum Gasteiger partial charge on any atom is -0.488 e. The molecular formula is C28H22O5. The molecule has 0 heterocycles. The van der Waals surface area contributed by atoms with Gasteiger partial charge in [0.15, 0.2) is 0 Å². The molecule has 0 aromatic heterocycles. The second-order valence-corrected chi connectivity index (χ2v) is 7.00. The largest absolute Gasteiger partial charge is 0.488 e. The number of benzene rings is 3. The van der Waals surface area contributed by atoms with Crippen molar-refractivity contribution in [2.24, 2.45) is 0 Å². The standard InChI is InChI=1S/C28H22O5/c1-20-17-21(13-15-24(20)27(29)31-2)9-7-8-10-22-14-16-25(28(30)32-3)26(18-22)33-19-23-11-5-4-6-12-23/h4-6,11-18H,19H2,1-3H3. The SMILES string of the molecule is COC(=O)c1ccc(C#CC#Cc2ccc(C(=O)OC)c(OCc3ccccc3)c2)cc1C. The lowest BCUT2D eigenvalue weighted by Crippen LogP contribution is -2.06. The van der Waals surface area contributed by atoms with Crippen LogP contribution in [0.25, 0.3) is 0 Å². The molecule has 0 aliphatic rings. The number of aryl methyl sites for hydroxylation is 1. The topological polar surface area (TPSA) is 61.8 Å². The molecule has 0 saturated carbocycles. The summed E-state index contributed by atoms with van der Waals surface area (Å²) in [5, 5.41) is 0. The summed E-state index contributed by atoms with van der Waals surface area (Å²) in [7, 11) is 2.67. The van der Waals surface area contributed by atoms with E-state index >= 15 is 0 Å². The quantitative estimate of drug-likeness (QED) is 0.432. The monoisotopic (exact) mass is 438 g/mol. The predicted molar refractivity (Wildman–Crippen MR) is 125 cm³/mol. The minimum absolute atomic E-state index is 0.308. The fourth-order valence-corrected chi connectivity index (χ4v) is 3.02. The molecule has 5 heteroatoms. The zero-order valence-electron chi connectivity index (χ0n) is 18.6. The molecule has 0 spiro atoms. The van der Waals surface area contributed by atoms with Crippen LogP contribution in [0, 0.1) is 30.6 Å². The van der Waals surface area contributed by atoms with Gasteiger partial charge in [-0.1, -0.05) is 42.2 Å². The number of carbonyl (C=O) groups is 2. The van der Waals surface area contributed by atoms with Crippen LogP contribution in [-0.2, 0) is 16.1 Å². The molecular weight excluding hydrogens is 416 g/mol. The summed E-state index contributed by atoms with van der Waals surface area (Å²) in [5.74, 6) is 11.1. The van der Waals surface area contributed by atoms with Gasteiger partial charge in [-0.25, -0.2) is 9.59 Å². The van der Waals surface area contributed by atoms with E-state index in [0.29, 0.717) is 29.0 Å². The van der Waals surface area contributed by atoms with Crippen molar-refractivity contribution in [1.29, 1.82) is 0 Å². The Morgan fingerprint density at radius 2 is 1.33 bits per heavy atom. The maximum Gasteiger partial charge on any atom is 0.341 e. The Kier molecular flexibility index (Phi) is 7.89. The van der Waals surface area contributed by atoms with Crippen molar-refractivity contribution < 1.29 is 23.8 Å². The third-order valence-corrected chi connectivity index (χ3v) is 4.73. The Morgan fingerprint density at radius 3 is 1.94 bits per heavy atom. The van der Waals surface area contributed by atoms with E-state index in [1.165, 1.54) is 14.2 Å². The van der Waals surface area contributed by atoms with Crippen molar-refractivity contribution in [3.05, 3.63) is 100 Å². The van der Waals surface area contributed by atoms with E-state index in [4.69, 9.17) is 14.2 Å². The number of carbonyl (C=O) groups excluding carboxylic acids is 2. The van der Waals surface area contributed by atoms with Crippen molar-refractivity contribution in [2.75, 3.05) is 14.2 Å². The molecule has 0 bridgehead atoms. The molecule has 0 saturated heterocycles. The van der Waals surface area contributed by atoms with Gasteiger partial charge < -0.3 is 14.2 Å². The summed E-state index contributed by atoms with van der Waals surface area (Å²) < 4.78 is 15.5. The van der Waals surface area contributed by atoms with Crippen LogP contribution < -0.4 is 4.74 Å². The van der Waals surface area contributed by atoms with Gasteiger partial charge >= 0.3 is 11.9 Å². The van der Waals surface area contributed by atoms with Crippen LogP contribution in [0.4, 0.5) is 0 Å². The second-order valence-electron chi connectivity index (χ2n) is 7.00. The molecule has 0 radical (unpaired) electrons. The van der Waals surface area contributed by atoms with Crippen LogP contribution in [0.2, 0.25) is 0 Å². The number of rotatable bonds is 5. The fraction of sp³-hybridized carbons (Fsp3) is 0.143. The number of hydrogen-bond donors (Lipinski definition) is 0. The first-order valence-corrected chi connectivity index (χ1v) is 10.1. The van der Waals surface area contributed by atoms with Gasteiger partial charge in [0.05, 0.1) is 19.8 Å². The van der Waals surface area contributed by atoms with Gasteiger partial charge in [0.1, 0.15) is 17.9 Å². The van der Waals surface area contributed by atoms with Crippen LogP contribution in [0.3, 0.4) is 0 Å². The zero-order valence-corrected chi connectivity index (χ0v) is 18.6. The van der Waals surface area contributed by atoms with Gasteiger partial charge in [-0.2, -0.15) is 0 Å². The third-order valence-electron chi connectivity index (χ3n) is 4.73. The third kappa shape index (κ3) is 6.26. The van der Waals surface area contributed by atoms with Gasteiger partial charge in [-0.15, -0.1) is 0 Å². The average Bonchev–Trinajstić information content (AvgIpc) is 2.85. The molecule has 3 rings (SSSR count). The summed E-state index contributed by atoms with van der Waals surface area (Å²) in [6.07, 6.45) is 0. The van der Waals surface area contributed by atoms with E-state index < -0.39 is 5.97 Å². The highest BCUT2D eigenvalue weighted by Crippen LogP contribution is 2.22. The second kappa shape index (κ2) is 11.2. The highest BCUT2D eigenvalue weighted by Gasteiger charge is 2.14. The molecule has 0 atom stereocenters. The van der Waals surface area contributed by atoms with Gasteiger partial charge in [-0.05, 0) is 66.3 Å². The number of hydrogen-bond acceptors (Lipinski definition) is 5. The molecule has 3 aromatic carbocycles. The molecule has 0 N–H and O–H groups in total. The molecule has 3 aromatic rings. The first kappa shape index (κ1) is 23.2. The molecule has 0 fully saturated rings. The van der Waals surface area contributed by atoms with E-state index in [9.17, 15) is 9.59 Å². The molecule has 0 aliphatic carbocycles. The number of ether oxygens (including phenoxy) is 3. The van der Waals surface area contributed by atoms with Crippen LogP contribution in [0.1, 0.15) is 43.0 Å². The normalized spacial score (nSPS) is 9.55. The summed E-state index contributed by atoms with van der Waals surface area (Å²) in [5.41, 5.74) is 3.97. The first-order valence-electron chi connectivity index (χ1n) is 10.1. The van der Waals surface area contributed by atoms with Gasteiger partial charge in [0, 0.05) is 11.1 Å². The minimum atomic E-state index is -0.483. The zero-order chi connectivity index (χ0) is 23.6. The maximum atomic E-state index is 12.1. The molecule has 164 valence electrons. The summed E-state index contributed by atoms with van der Waals surface area (Å²) in [6, 6.07) is 19.9. The molecule has 0 aliphatic heterocycles. The van der Waals surface area contributed by atoms with E-state index in [1.807, 2.05) is 43.3 Å². The van der Waals surface area contributed by atoms with Crippen molar-refractivity contribution in [3.63, 3.8) is 0 Å². The molecule has 5 nitrogen and oxygen atoms in total. The maximum absolute atomic E-state index is 12.1. The van der Waals surface area contributed by atoms with Crippen LogP contribution >= 0.6 is 0 Å². The van der Waals surface area contributed by atoms with Gasteiger partial charge in [-0.3, -0.25) is 0 Å². The summed E-state index contributed by atoms with van der Waals surface area (Å²) in [6.45, 7) is 2.13. The Labute approximate surface area is 193 Å². The fourth-order valence-electron chi connectivity index (χ4n) is 3.02. The van der Waals surface area contributed by atoms with Crippen LogP contribution in [0.5, 0.6) is 5.75 Å². The molecule has 0 unspecified atom stereocenters. The Hall–Kier alpha value is -4.48. The summed E-state index contributed by atoms with van der Waals surface area (Å²) >= 11 is 0. The van der Waals surface area contributed by atoms with Crippen molar-refractivity contribution in [2.45, 2.75) is 13.5 Å². The van der Waals surface area contributed by atoms with Crippen molar-refractivity contribution in [3.8, 4) is 29.4 Å². The average molecular weight is 438 g/mol. The Balaban J connectivity index is 1.79. The Morgan fingerprint density at radius 1 is 0.758 bits per heavy atom. The lowest BCUT2D eigenvalue weighted by Gasteiger charge is -2.11. The van der Waals surface area contributed by atoms with E-state index in [-0.39, 0.29) is 5.97 Å². The first-order chi connectivity index (χ1) is 16.0. The smallest absolute Gasteiger partial charge is 0.341 e. The highest BCUT2D eigenvalue weighted by molar-refractivity contribution is 5.92. The Bertz CT molecular complexity index is 1280. The highest BCUT2D eigenvalue weighted by atomic mass is 16.5. The van der Waals surface area contributed by atoms with Crippen LogP contribution in [0.15, 0.2) is 66.7 Å². The van der Waals surface area contributed by atoms with Crippen molar-refractivity contribution >= 4 is 11.9 Å². The van der Waals surface area contributed by atoms with Crippen molar-refractivity contribution in [1.82, 2.24) is 0 Å². The van der Waals surface area contributed by atoms with Gasteiger partial charge in [0.2, 0.25) is 0 Å². The van der Waals surface area contributed by atoms with E-state index in [2.05, 4.69) is 23.7 Å². The lowest BCUT2D eigenvalue weighted by molar-refractivity contribution is 0.0588. The van der Waals surface area contributed by atoms with Crippen LogP contribution in [-0.4, -0.2) is 26.2 Å². The lowest BCUT2D eigenvalue weighted by atomic mass is 10.1. The van der Waals surface area contributed by atoms with E-state index in [0.717, 1.165) is 16.7 Å². The predicted octanol–water partition coefficient (Wildman–Crippen LogP) is 4.55. The number of methoxy groups -OCH3 is 2. The number of esters is 2. The molecule has 33 heavy (non-hydrogen) atoms. The summed E-state index contributed by atoms with van der Waals surface area (Å²) in [4.78, 5) is 23.8.